The molecule has 4 nitrogen and oxygen atoms in total. The van der Waals surface area contributed by atoms with Gasteiger partial charge in [-0.1, -0.05) is 36.9 Å². The van der Waals surface area contributed by atoms with Crippen LogP contribution in [0.3, 0.4) is 0 Å². The van der Waals surface area contributed by atoms with Crippen molar-refractivity contribution in [1.29, 1.82) is 0 Å². The smallest absolute Gasteiger partial charge is 0.334 e. The fourth-order valence-corrected chi connectivity index (χ4v) is 1.61. The third kappa shape index (κ3) is 4.69. The summed E-state index contributed by atoms with van der Waals surface area (Å²) >= 11 is 0. The second-order valence-electron chi connectivity index (χ2n) is 4.44. The molecule has 4 heteroatoms. The van der Waals surface area contributed by atoms with E-state index < -0.39 is 5.97 Å². The Bertz CT molecular complexity index is 602. The maximum atomic E-state index is 10.6. The van der Waals surface area contributed by atoms with Gasteiger partial charge in [-0.25, -0.2) is 4.79 Å². The Kier molecular flexibility index (Phi) is 4.99. The zero-order chi connectivity index (χ0) is 15.1. The first-order valence-electron chi connectivity index (χ1n) is 6.46. The van der Waals surface area contributed by atoms with E-state index in [9.17, 15) is 4.79 Å². The van der Waals surface area contributed by atoms with Crippen molar-refractivity contribution in [3.05, 3.63) is 72.3 Å². The van der Waals surface area contributed by atoms with Gasteiger partial charge in [0.1, 0.15) is 24.7 Å². The number of hydrogen-bond donors (Lipinski definition) is 1. The Balaban J connectivity index is 1.84. The van der Waals surface area contributed by atoms with Crippen LogP contribution in [-0.2, 0) is 11.4 Å². The van der Waals surface area contributed by atoms with Crippen LogP contribution in [-0.4, -0.2) is 17.7 Å². The van der Waals surface area contributed by atoms with Crippen LogP contribution in [0, 0.1) is 0 Å². The summed E-state index contributed by atoms with van der Waals surface area (Å²) in [4.78, 5) is 10.6. The fraction of sp³-hybridized carbons (Fsp3) is 0.118. The van der Waals surface area contributed by atoms with E-state index in [1.165, 1.54) is 0 Å². The number of aliphatic carboxylic acids is 1. The molecular weight excluding hydrogens is 268 g/mol. The van der Waals surface area contributed by atoms with E-state index >= 15 is 0 Å². The van der Waals surface area contributed by atoms with E-state index in [0.717, 1.165) is 11.3 Å². The van der Waals surface area contributed by atoms with Crippen molar-refractivity contribution in [2.24, 2.45) is 0 Å². The summed E-state index contributed by atoms with van der Waals surface area (Å²) in [7, 11) is 0. The van der Waals surface area contributed by atoms with E-state index in [2.05, 4.69) is 6.58 Å². The summed E-state index contributed by atoms with van der Waals surface area (Å²) in [5, 5.41) is 8.68. The molecule has 0 aromatic heterocycles. The number of carboxylic acid groups (broad SMARTS) is 1. The number of carbonyl (C=O) groups is 1. The number of benzene rings is 2. The second-order valence-corrected chi connectivity index (χ2v) is 4.44. The van der Waals surface area contributed by atoms with Gasteiger partial charge in [-0.05, 0) is 29.8 Å². The number of carboxylic acids is 1. The molecule has 0 heterocycles. The van der Waals surface area contributed by atoms with Crippen molar-refractivity contribution < 1.29 is 19.4 Å². The van der Waals surface area contributed by atoms with Gasteiger partial charge in [0.2, 0.25) is 0 Å². The quantitative estimate of drug-likeness (QED) is 0.793. The zero-order valence-corrected chi connectivity index (χ0v) is 11.5. The van der Waals surface area contributed by atoms with Crippen molar-refractivity contribution >= 4 is 5.97 Å². The standard InChI is InChI=1S/C17H16O4/c1-13(17(18)19)11-20-15-7-9-16(10-8-15)21-12-14-5-3-2-4-6-14/h2-10H,1,11-12H2,(H,18,19). The maximum absolute atomic E-state index is 10.6. The molecule has 2 aromatic carbocycles. The summed E-state index contributed by atoms with van der Waals surface area (Å²) in [5.41, 5.74) is 1.11. The van der Waals surface area contributed by atoms with Crippen molar-refractivity contribution in [3.8, 4) is 11.5 Å². The average molecular weight is 284 g/mol. The third-order valence-electron chi connectivity index (χ3n) is 2.79. The molecule has 0 fully saturated rings. The van der Waals surface area contributed by atoms with Gasteiger partial charge >= 0.3 is 5.97 Å². The van der Waals surface area contributed by atoms with E-state index in [-0.39, 0.29) is 12.2 Å². The molecule has 2 aromatic rings. The monoisotopic (exact) mass is 284 g/mol. The molecule has 0 bridgehead atoms. The van der Waals surface area contributed by atoms with Crippen molar-refractivity contribution in [2.45, 2.75) is 6.61 Å². The molecule has 0 saturated carbocycles. The molecule has 1 N–H and O–H groups in total. The van der Waals surface area contributed by atoms with Gasteiger partial charge < -0.3 is 14.6 Å². The number of hydrogen-bond acceptors (Lipinski definition) is 3. The Morgan fingerprint density at radius 2 is 1.52 bits per heavy atom. The molecule has 0 spiro atoms. The summed E-state index contributed by atoms with van der Waals surface area (Å²) in [6.45, 7) is 3.86. The topological polar surface area (TPSA) is 55.8 Å². The summed E-state index contributed by atoms with van der Waals surface area (Å²) in [5.74, 6) is 0.241. The molecule has 0 saturated heterocycles. The van der Waals surface area contributed by atoms with Gasteiger partial charge in [0.05, 0.1) is 5.57 Å². The predicted octanol–water partition coefficient (Wildman–Crippen LogP) is 3.29. The van der Waals surface area contributed by atoms with Crippen LogP contribution >= 0.6 is 0 Å². The highest BCUT2D eigenvalue weighted by Crippen LogP contribution is 2.19. The maximum Gasteiger partial charge on any atom is 0.334 e. The summed E-state index contributed by atoms with van der Waals surface area (Å²) < 4.78 is 11.0. The molecule has 108 valence electrons. The normalized spacial score (nSPS) is 9.90. The zero-order valence-electron chi connectivity index (χ0n) is 11.5. The molecule has 21 heavy (non-hydrogen) atoms. The molecule has 2 rings (SSSR count). The Hall–Kier alpha value is -2.75. The van der Waals surface area contributed by atoms with Crippen molar-refractivity contribution in [1.82, 2.24) is 0 Å². The Morgan fingerprint density at radius 3 is 2.10 bits per heavy atom. The van der Waals surface area contributed by atoms with Crippen molar-refractivity contribution in [3.63, 3.8) is 0 Å². The van der Waals surface area contributed by atoms with Gasteiger partial charge in [-0.3, -0.25) is 0 Å². The van der Waals surface area contributed by atoms with Gasteiger partial charge in [0, 0.05) is 0 Å². The van der Waals surface area contributed by atoms with Crippen LogP contribution in [0.4, 0.5) is 0 Å². The lowest BCUT2D eigenvalue weighted by Crippen LogP contribution is -2.08. The SMILES string of the molecule is C=C(COc1ccc(OCc2ccccc2)cc1)C(=O)O. The van der Waals surface area contributed by atoms with Crippen LogP contribution in [0.2, 0.25) is 0 Å². The van der Waals surface area contributed by atoms with Crippen LogP contribution in [0.25, 0.3) is 0 Å². The van der Waals surface area contributed by atoms with Gasteiger partial charge in [0.15, 0.2) is 0 Å². The fourth-order valence-electron chi connectivity index (χ4n) is 1.61. The minimum absolute atomic E-state index is 0.0133. The first-order valence-corrected chi connectivity index (χ1v) is 6.46. The lowest BCUT2D eigenvalue weighted by molar-refractivity contribution is -0.133. The number of ether oxygens (including phenoxy) is 2. The first kappa shape index (κ1) is 14.7. The summed E-state index contributed by atoms with van der Waals surface area (Å²) in [6.07, 6.45) is 0. The molecule has 0 aliphatic carbocycles. The second kappa shape index (κ2) is 7.14. The lowest BCUT2D eigenvalue weighted by Gasteiger charge is -2.08. The Labute approximate surface area is 123 Å². The van der Waals surface area contributed by atoms with Crippen LogP contribution in [0.1, 0.15) is 5.56 Å². The molecule has 0 aliphatic heterocycles. The molecule has 0 atom stereocenters. The highest BCUT2D eigenvalue weighted by molar-refractivity contribution is 5.86. The first-order chi connectivity index (χ1) is 10.1. The minimum Gasteiger partial charge on any atom is -0.489 e. The van der Waals surface area contributed by atoms with Crippen molar-refractivity contribution in [2.75, 3.05) is 6.61 Å². The van der Waals surface area contributed by atoms with E-state index in [0.29, 0.717) is 12.4 Å². The predicted molar refractivity (Wildman–Crippen MR) is 79.5 cm³/mol. The van der Waals surface area contributed by atoms with E-state index in [1.54, 1.807) is 24.3 Å². The van der Waals surface area contributed by atoms with E-state index in [4.69, 9.17) is 14.6 Å². The average Bonchev–Trinajstić information content (AvgIpc) is 2.52. The van der Waals surface area contributed by atoms with Crippen LogP contribution in [0.15, 0.2) is 66.7 Å². The molecular formula is C17H16O4. The van der Waals surface area contributed by atoms with E-state index in [1.807, 2.05) is 30.3 Å². The molecule has 0 amide bonds. The molecule has 0 radical (unpaired) electrons. The molecule has 0 unspecified atom stereocenters. The largest absolute Gasteiger partial charge is 0.489 e. The third-order valence-corrected chi connectivity index (χ3v) is 2.79. The minimum atomic E-state index is -1.06. The molecule has 0 aliphatic rings. The van der Waals surface area contributed by atoms with Crippen LogP contribution in [0.5, 0.6) is 11.5 Å². The highest BCUT2D eigenvalue weighted by atomic mass is 16.5. The lowest BCUT2D eigenvalue weighted by atomic mass is 10.2. The van der Waals surface area contributed by atoms with Gasteiger partial charge in [-0.15, -0.1) is 0 Å². The van der Waals surface area contributed by atoms with Crippen LogP contribution < -0.4 is 9.47 Å². The van der Waals surface area contributed by atoms with Gasteiger partial charge in [-0.2, -0.15) is 0 Å². The Morgan fingerprint density at radius 1 is 0.952 bits per heavy atom. The van der Waals surface area contributed by atoms with Gasteiger partial charge in [0.25, 0.3) is 0 Å². The highest BCUT2D eigenvalue weighted by Gasteiger charge is 2.04. The summed E-state index contributed by atoms with van der Waals surface area (Å²) in [6, 6.07) is 16.9. The number of rotatable bonds is 7.